The summed E-state index contributed by atoms with van der Waals surface area (Å²) in [7, 11) is 1.58. The first kappa shape index (κ1) is 27.6. The molecule has 0 aliphatic rings. The van der Waals surface area contributed by atoms with Crippen molar-refractivity contribution in [3.05, 3.63) is 83.8 Å². The molecule has 196 valence electrons. The maximum atomic E-state index is 12.8. The molecule has 0 saturated heterocycles. The number of nitrogens with one attached hydrogen (secondary N) is 3. The summed E-state index contributed by atoms with van der Waals surface area (Å²) < 4.78 is 47.6. The Morgan fingerprint density at radius 1 is 1.08 bits per heavy atom. The van der Waals surface area contributed by atoms with E-state index in [1.54, 1.807) is 13.2 Å². The van der Waals surface area contributed by atoms with Crippen LogP contribution in [0.4, 0.5) is 18.0 Å². The minimum atomic E-state index is -4.50. The molecule has 37 heavy (non-hydrogen) atoms. The van der Waals surface area contributed by atoms with Gasteiger partial charge < -0.3 is 25.1 Å². The van der Waals surface area contributed by atoms with E-state index < -0.39 is 24.9 Å². The molecule has 8 nitrogen and oxygen atoms in total. The third kappa shape index (κ3) is 7.74. The fraction of sp³-hybridized carbons (Fsp3) is 0.240. The molecule has 0 fully saturated rings. The number of rotatable bonds is 9. The zero-order valence-corrected chi connectivity index (χ0v) is 20.5. The topological polar surface area (TPSA) is 101 Å². The van der Waals surface area contributed by atoms with Crippen molar-refractivity contribution in [1.29, 1.82) is 0 Å². The molecule has 0 unspecified atom stereocenters. The summed E-state index contributed by atoms with van der Waals surface area (Å²) in [4.78, 5) is 24.5. The lowest BCUT2D eigenvalue weighted by Gasteiger charge is -2.18. The summed E-state index contributed by atoms with van der Waals surface area (Å²) in [6.45, 7) is -1.55. The molecule has 2 aromatic carbocycles. The Balaban J connectivity index is 0.00000380. The number of imidazole rings is 1. The molecule has 0 aliphatic carbocycles. The summed E-state index contributed by atoms with van der Waals surface area (Å²) in [5, 5.41) is 5.56. The molecule has 2 amide bonds. The van der Waals surface area contributed by atoms with E-state index in [1.807, 2.05) is 48.5 Å². The van der Waals surface area contributed by atoms with Gasteiger partial charge in [0.2, 0.25) is 5.88 Å². The Kier molecular flexibility index (Phi) is 9.18. The zero-order valence-electron chi connectivity index (χ0n) is 19.7. The number of carbonyl (C=O) groups is 1. The van der Waals surface area contributed by atoms with E-state index in [0.717, 1.165) is 16.6 Å². The molecule has 2 aromatic heterocycles. The number of urea groups is 1. The minimum Gasteiger partial charge on any atom is -0.497 e. The van der Waals surface area contributed by atoms with E-state index >= 15 is 0 Å². The molecule has 0 saturated carbocycles. The van der Waals surface area contributed by atoms with Gasteiger partial charge in [-0.05, 0) is 42.3 Å². The van der Waals surface area contributed by atoms with Gasteiger partial charge >= 0.3 is 12.2 Å². The van der Waals surface area contributed by atoms with Crippen LogP contribution >= 0.6 is 12.4 Å². The number of pyridine rings is 1. The van der Waals surface area contributed by atoms with E-state index in [0.29, 0.717) is 23.6 Å². The molecule has 0 radical (unpaired) electrons. The molecular formula is C25H25ClF3N5O3. The second-order valence-corrected chi connectivity index (χ2v) is 7.94. The van der Waals surface area contributed by atoms with E-state index in [9.17, 15) is 18.0 Å². The quantitative estimate of drug-likeness (QED) is 0.276. The van der Waals surface area contributed by atoms with Crippen LogP contribution < -0.4 is 20.1 Å². The smallest absolute Gasteiger partial charge is 0.422 e. The average Bonchev–Trinajstić information content (AvgIpc) is 3.31. The van der Waals surface area contributed by atoms with Crippen LogP contribution in [0.1, 0.15) is 23.0 Å². The minimum absolute atomic E-state index is 0. The summed E-state index contributed by atoms with van der Waals surface area (Å²) >= 11 is 0. The Hall–Kier alpha value is -3.99. The fourth-order valence-electron chi connectivity index (χ4n) is 3.57. The van der Waals surface area contributed by atoms with Gasteiger partial charge in [-0.2, -0.15) is 13.2 Å². The number of aromatic amines is 1. The second kappa shape index (κ2) is 12.3. The Morgan fingerprint density at radius 2 is 1.84 bits per heavy atom. The molecule has 4 aromatic rings. The van der Waals surface area contributed by atoms with Crippen LogP contribution in [0.3, 0.4) is 0 Å². The van der Waals surface area contributed by atoms with E-state index in [1.165, 1.54) is 12.3 Å². The molecule has 2 heterocycles. The predicted molar refractivity (Wildman–Crippen MR) is 134 cm³/mol. The number of amides is 2. The molecule has 0 aliphatic heterocycles. The van der Waals surface area contributed by atoms with Gasteiger partial charge in [0.15, 0.2) is 6.61 Å². The van der Waals surface area contributed by atoms with E-state index in [4.69, 9.17) is 9.47 Å². The average molecular weight is 536 g/mol. The molecule has 12 heteroatoms. The third-order valence-corrected chi connectivity index (χ3v) is 5.30. The number of nitrogens with zero attached hydrogens (tertiary/aromatic N) is 2. The number of hydrogen-bond acceptors (Lipinski definition) is 5. The number of hydrogen-bond donors (Lipinski definition) is 3. The van der Waals surface area contributed by atoms with Crippen molar-refractivity contribution in [1.82, 2.24) is 25.6 Å². The van der Waals surface area contributed by atoms with E-state index in [2.05, 4.69) is 25.6 Å². The van der Waals surface area contributed by atoms with Crippen molar-refractivity contribution in [3.8, 4) is 11.6 Å². The van der Waals surface area contributed by atoms with Gasteiger partial charge in [0.1, 0.15) is 11.6 Å². The monoisotopic (exact) mass is 535 g/mol. The standard InChI is InChI=1S/C25H24F3N5O3.ClH/c1-35-18-10-8-16(9-11-18)13-21(22-31-19-6-2-3-7-20(19)32-22)33-24(34)30-14-17-5-4-12-29-23(17)36-15-25(26,27)28;/h2-12,21H,13-15H2,1H3,(H,31,32)(H2,30,33,34);1H/t21-;/m1./s1. The third-order valence-electron chi connectivity index (χ3n) is 5.30. The van der Waals surface area contributed by atoms with Crippen molar-refractivity contribution in [2.24, 2.45) is 0 Å². The van der Waals surface area contributed by atoms with Crippen LogP contribution in [0.15, 0.2) is 66.9 Å². The SMILES string of the molecule is COc1ccc(C[C@@H](NC(=O)NCc2cccnc2OCC(F)(F)F)c2nc3ccccc3[nH]2)cc1.Cl. The van der Waals surface area contributed by atoms with Gasteiger partial charge in [0, 0.05) is 18.3 Å². The Morgan fingerprint density at radius 3 is 2.54 bits per heavy atom. The summed E-state index contributed by atoms with van der Waals surface area (Å²) in [6, 6.07) is 17.0. The van der Waals surface area contributed by atoms with Crippen LogP contribution in [0.2, 0.25) is 0 Å². The lowest BCUT2D eigenvalue weighted by Crippen LogP contribution is -2.39. The highest BCUT2D eigenvalue weighted by atomic mass is 35.5. The largest absolute Gasteiger partial charge is 0.497 e. The highest BCUT2D eigenvalue weighted by Crippen LogP contribution is 2.22. The van der Waals surface area contributed by atoms with Gasteiger partial charge in [-0.1, -0.05) is 30.3 Å². The summed E-state index contributed by atoms with van der Waals surface area (Å²) in [6.07, 6.45) is -2.74. The molecular weight excluding hydrogens is 511 g/mol. The summed E-state index contributed by atoms with van der Waals surface area (Å²) in [5.41, 5.74) is 2.84. The first-order valence-corrected chi connectivity index (χ1v) is 11.1. The van der Waals surface area contributed by atoms with Crippen LogP contribution in [0, 0.1) is 0 Å². The second-order valence-electron chi connectivity index (χ2n) is 7.94. The van der Waals surface area contributed by atoms with Crippen molar-refractivity contribution < 1.29 is 27.4 Å². The predicted octanol–water partition coefficient (Wildman–Crippen LogP) is 5.11. The number of fused-ring (bicyclic) bond motifs is 1. The van der Waals surface area contributed by atoms with Crippen molar-refractivity contribution in [3.63, 3.8) is 0 Å². The number of benzene rings is 2. The van der Waals surface area contributed by atoms with Gasteiger partial charge in [0.25, 0.3) is 0 Å². The van der Waals surface area contributed by atoms with Gasteiger partial charge in [-0.15, -0.1) is 12.4 Å². The highest BCUT2D eigenvalue weighted by molar-refractivity contribution is 5.85. The first-order chi connectivity index (χ1) is 17.3. The Bertz CT molecular complexity index is 1280. The van der Waals surface area contributed by atoms with Gasteiger partial charge in [0.05, 0.1) is 24.2 Å². The van der Waals surface area contributed by atoms with Crippen molar-refractivity contribution in [2.75, 3.05) is 13.7 Å². The summed E-state index contributed by atoms with van der Waals surface area (Å²) in [5.74, 6) is 1.09. The maximum Gasteiger partial charge on any atom is 0.422 e. The number of methoxy groups -OCH3 is 1. The first-order valence-electron chi connectivity index (χ1n) is 11.1. The number of para-hydroxylation sites is 2. The molecule has 0 bridgehead atoms. The van der Waals surface area contributed by atoms with Gasteiger partial charge in [-0.3, -0.25) is 0 Å². The van der Waals surface area contributed by atoms with Crippen LogP contribution in [0.25, 0.3) is 11.0 Å². The number of carbonyl (C=O) groups excluding carboxylic acids is 1. The number of alkyl halides is 3. The maximum absolute atomic E-state index is 12.8. The number of halogens is 4. The zero-order chi connectivity index (χ0) is 25.5. The molecule has 4 rings (SSSR count). The highest BCUT2D eigenvalue weighted by Gasteiger charge is 2.29. The number of H-pyrrole nitrogens is 1. The van der Waals surface area contributed by atoms with Crippen molar-refractivity contribution >= 4 is 29.5 Å². The van der Waals surface area contributed by atoms with Crippen LogP contribution in [0.5, 0.6) is 11.6 Å². The van der Waals surface area contributed by atoms with Gasteiger partial charge in [-0.25, -0.2) is 14.8 Å². The van der Waals surface area contributed by atoms with Crippen LogP contribution in [-0.2, 0) is 13.0 Å². The number of ether oxygens (including phenoxy) is 2. The molecule has 1 atom stereocenters. The Labute approximate surface area is 217 Å². The normalized spacial score (nSPS) is 11.9. The lowest BCUT2D eigenvalue weighted by atomic mass is 10.1. The van der Waals surface area contributed by atoms with Crippen LogP contribution in [-0.4, -0.2) is 40.9 Å². The molecule has 3 N–H and O–H groups in total. The fourth-order valence-corrected chi connectivity index (χ4v) is 3.57. The molecule has 0 spiro atoms. The lowest BCUT2D eigenvalue weighted by molar-refractivity contribution is -0.154. The number of aromatic nitrogens is 3. The van der Waals surface area contributed by atoms with Crippen molar-refractivity contribution in [2.45, 2.75) is 25.2 Å². The van der Waals surface area contributed by atoms with E-state index in [-0.39, 0.29) is 24.8 Å².